The van der Waals surface area contributed by atoms with Crippen LogP contribution in [0.4, 0.5) is 4.79 Å². The predicted molar refractivity (Wildman–Crippen MR) is 94.9 cm³/mol. The second-order valence-electron chi connectivity index (χ2n) is 5.40. The van der Waals surface area contributed by atoms with Gasteiger partial charge in [0, 0.05) is 26.3 Å². The van der Waals surface area contributed by atoms with Crippen LogP contribution in [-0.2, 0) is 36.6 Å². The Morgan fingerprint density at radius 3 is 2.33 bits per heavy atom. The molecule has 156 valence electrons. The molecular weight excluding hydrogens is 360 g/mol. The molecule has 1 heterocycles. The topological polar surface area (TPSA) is 126 Å². The van der Waals surface area contributed by atoms with Gasteiger partial charge in [-0.05, 0) is 0 Å². The molecule has 1 aromatic rings. The first-order valence-corrected chi connectivity index (χ1v) is 8.88. The molecule has 0 spiro atoms. The first-order valence-electron chi connectivity index (χ1n) is 8.88. The van der Waals surface area contributed by atoms with Gasteiger partial charge in [-0.3, -0.25) is 0 Å². The van der Waals surface area contributed by atoms with Crippen LogP contribution in [-0.4, -0.2) is 99.3 Å². The van der Waals surface area contributed by atoms with Crippen molar-refractivity contribution in [2.45, 2.75) is 13.0 Å². The van der Waals surface area contributed by atoms with E-state index in [1.807, 2.05) is 6.20 Å². The maximum absolute atomic E-state index is 10.2. The van der Waals surface area contributed by atoms with E-state index >= 15 is 0 Å². The van der Waals surface area contributed by atoms with E-state index in [1.165, 1.54) is 0 Å². The lowest BCUT2D eigenvalue weighted by Crippen LogP contribution is -2.25. The minimum absolute atomic E-state index is 0.268. The lowest BCUT2D eigenvalue weighted by molar-refractivity contribution is 0.0157. The van der Waals surface area contributed by atoms with E-state index in [2.05, 4.69) is 15.6 Å². The second kappa shape index (κ2) is 16.4. The van der Waals surface area contributed by atoms with E-state index in [9.17, 15) is 4.79 Å². The number of methoxy groups -OCH3 is 1. The molecule has 0 unspecified atom stereocenters. The number of ether oxygens (including phenoxy) is 5. The molecule has 2 N–H and O–H groups in total. The summed E-state index contributed by atoms with van der Waals surface area (Å²) in [5.41, 5.74) is 0.871. The molecule has 0 fully saturated rings. The average molecular weight is 390 g/mol. The molecule has 0 aliphatic carbocycles. The van der Waals surface area contributed by atoms with Gasteiger partial charge in [0.25, 0.3) is 0 Å². The molecule has 0 saturated heterocycles. The van der Waals surface area contributed by atoms with Gasteiger partial charge in [-0.15, -0.1) is 5.10 Å². The number of carboxylic acid groups (broad SMARTS) is 1. The molecule has 0 radical (unpaired) electrons. The number of aromatic nitrogens is 3. The van der Waals surface area contributed by atoms with Crippen molar-refractivity contribution in [3.63, 3.8) is 0 Å². The van der Waals surface area contributed by atoms with Crippen LogP contribution in [0.1, 0.15) is 5.69 Å². The number of hydrogen-bond donors (Lipinski definition) is 2. The van der Waals surface area contributed by atoms with Gasteiger partial charge >= 0.3 is 6.09 Å². The fourth-order valence-corrected chi connectivity index (χ4v) is 1.91. The van der Waals surface area contributed by atoms with Gasteiger partial charge in [-0.1, -0.05) is 5.21 Å². The number of carbonyl (C=O) groups is 1. The van der Waals surface area contributed by atoms with Gasteiger partial charge in [0.2, 0.25) is 0 Å². The first kappa shape index (κ1) is 23.2. The predicted octanol–water partition coefficient (Wildman–Crippen LogP) is -0.199. The van der Waals surface area contributed by atoms with Gasteiger partial charge in [0.15, 0.2) is 0 Å². The van der Waals surface area contributed by atoms with Crippen molar-refractivity contribution in [2.75, 3.05) is 73.1 Å². The molecule has 0 aliphatic rings. The maximum Gasteiger partial charge on any atom is 0.404 e. The van der Waals surface area contributed by atoms with E-state index in [0.717, 1.165) is 5.69 Å². The molecule has 0 saturated carbocycles. The first-order chi connectivity index (χ1) is 13.2. The van der Waals surface area contributed by atoms with Crippen LogP contribution in [0.2, 0.25) is 0 Å². The van der Waals surface area contributed by atoms with Crippen LogP contribution in [0, 0.1) is 0 Å². The number of nitrogens with one attached hydrogen (secondary N) is 1. The summed E-state index contributed by atoms with van der Waals surface area (Å²) >= 11 is 0. The number of hydrogen-bond acceptors (Lipinski definition) is 8. The summed E-state index contributed by atoms with van der Waals surface area (Å²) in [5.74, 6) is 0. The molecule has 1 aromatic heterocycles. The standard InChI is InChI=1S/C16H30N4O7/c1-23-8-9-26-7-4-20-14-15(18-19-20)2-5-24-10-12-27-13-11-25-6-3-17-16(21)22/h14,17H,2-13H2,1H3,(H,21,22). The molecular formula is C16H30N4O7. The largest absolute Gasteiger partial charge is 0.465 e. The van der Waals surface area contributed by atoms with E-state index in [1.54, 1.807) is 11.8 Å². The summed E-state index contributed by atoms with van der Waals surface area (Å²) in [7, 11) is 1.64. The van der Waals surface area contributed by atoms with Crippen molar-refractivity contribution in [1.29, 1.82) is 0 Å². The Hall–Kier alpha value is -1.79. The van der Waals surface area contributed by atoms with E-state index in [4.69, 9.17) is 28.8 Å². The fraction of sp³-hybridized carbons (Fsp3) is 0.812. The lowest BCUT2D eigenvalue weighted by atomic mass is 10.3. The van der Waals surface area contributed by atoms with Gasteiger partial charge in [0.05, 0.1) is 71.7 Å². The van der Waals surface area contributed by atoms with E-state index in [-0.39, 0.29) is 6.54 Å². The van der Waals surface area contributed by atoms with Crippen molar-refractivity contribution >= 4 is 6.09 Å². The highest BCUT2D eigenvalue weighted by Gasteiger charge is 2.01. The van der Waals surface area contributed by atoms with Crippen LogP contribution < -0.4 is 5.32 Å². The SMILES string of the molecule is COCCOCCn1cc(CCOCCOCCOCCNC(=O)O)nn1. The number of amides is 1. The lowest BCUT2D eigenvalue weighted by Gasteiger charge is -2.06. The van der Waals surface area contributed by atoms with E-state index in [0.29, 0.717) is 72.4 Å². The van der Waals surface area contributed by atoms with Crippen molar-refractivity contribution in [3.05, 3.63) is 11.9 Å². The normalized spacial score (nSPS) is 11.0. The molecule has 1 amide bonds. The van der Waals surface area contributed by atoms with Gasteiger partial charge in [0.1, 0.15) is 0 Å². The third-order valence-electron chi connectivity index (χ3n) is 3.25. The summed E-state index contributed by atoms with van der Waals surface area (Å²) in [6.07, 6.45) is 1.52. The molecule has 0 atom stereocenters. The smallest absolute Gasteiger partial charge is 0.404 e. The Bertz CT molecular complexity index is 487. The maximum atomic E-state index is 10.2. The fourth-order valence-electron chi connectivity index (χ4n) is 1.91. The molecule has 0 bridgehead atoms. The van der Waals surface area contributed by atoms with Crippen LogP contribution in [0.15, 0.2) is 6.20 Å². The zero-order valence-corrected chi connectivity index (χ0v) is 15.8. The molecule has 0 aliphatic heterocycles. The summed E-state index contributed by atoms with van der Waals surface area (Å²) in [4.78, 5) is 10.2. The third kappa shape index (κ3) is 14.0. The van der Waals surface area contributed by atoms with Crippen molar-refractivity contribution < 1.29 is 33.6 Å². The number of nitrogens with zero attached hydrogens (tertiary/aromatic N) is 3. The molecule has 11 heteroatoms. The Morgan fingerprint density at radius 1 is 1.00 bits per heavy atom. The Morgan fingerprint density at radius 2 is 1.63 bits per heavy atom. The van der Waals surface area contributed by atoms with Crippen LogP contribution in [0.25, 0.3) is 0 Å². The Labute approximate surface area is 158 Å². The zero-order valence-electron chi connectivity index (χ0n) is 15.8. The monoisotopic (exact) mass is 390 g/mol. The second-order valence-corrected chi connectivity index (χ2v) is 5.40. The summed E-state index contributed by atoms with van der Waals surface area (Å²) in [6.45, 7) is 5.34. The van der Waals surface area contributed by atoms with Gasteiger partial charge < -0.3 is 34.1 Å². The van der Waals surface area contributed by atoms with Gasteiger partial charge in [-0.25, -0.2) is 9.48 Å². The molecule has 0 aromatic carbocycles. The van der Waals surface area contributed by atoms with Crippen LogP contribution in [0.3, 0.4) is 0 Å². The van der Waals surface area contributed by atoms with Crippen LogP contribution in [0.5, 0.6) is 0 Å². The highest BCUT2D eigenvalue weighted by molar-refractivity contribution is 5.64. The summed E-state index contributed by atoms with van der Waals surface area (Å²) < 4.78 is 28.1. The van der Waals surface area contributed by atoms with Crippen LogP contribution >= 0.6 is 0 Å². The van der Waals surface area contributed by atoms with Gasteiger partial charge in [-0.2, -0.15) is 0 Å². The van der Waals surface area contributed by atoms with Crippen molar-refractivity contribution in [2.24, 2.45) is 0 Å². The van der Waals surface area contributed by atoms with E-state index < -0.39 is 6.09 Å². The average Bonchev–Trinajstić information content (AvgIpc) is 3.10. The zero-order chi connectivity index (χ0) is 19.6. The van der Waals surface area contributed by atoms with Crippen molar-refractivity contribution in [3.8, 4) is 0 Å². The van der Waals surface area contributed by atoms with Crippen molar-refractivity contribution in [1.82, 2.24) is 20.3 Å². The minimum Gasteiger partial charge on any atom is -0.465 e. The quantitative estimate of drug-likeness (QED) is 0.328. The summed E-state index contributed by atoms with van der Waals surface area (Å²) in [6, 6.07) is 0. The Balaban J connectivity index is 1.87. The highest BCUT2D eigenvalue weighted by Crippen LogP contribution is 1.96. The molecule has 27 heavy (non-hydrogen) atoms. The number of rotatable bonds is 18. The molecule has 11 nitrogen and oxygen atoms in total. The summed E-state index contributed by atoms with van der Waals surface area (Å²) in [5, 5.41) is 18.7. The Kier molecular flexibility index (Phi) is 14.1. The highest BCUT2D eigenvalue weighted by atomic mass is 16.5. The molecule has 1 rings (SSSR count). The third-order valence-corrected chi connectivity index (χ3v) is 3.25. The minimum atomic E-state index is -1.05.